The molecule has 1 saturated heterocycles. The molecule has 3 aromatic carbocycles. The van der Waals surface area contributed by atoms with Gasteiger partial charge in [0.15, 0.2) is 0 Å². The Morgan fingerprint density at radius 1 is 0.906 bits per heavy atom. The number of aliphatic hydroxyl groups is 1. The number of halogens is 1. The van der Waals surface area contributed by atoms with Crippen molar-refractivity contribution in [2.75, 3.05) is 19.1 Å². The van der Waals surface area contributed by atoms with Gasteiger partial charge in [-0.15, -0.1) is 0 Å². The zero-order valence-electron chi connectivity index (χ0n) is 17.4. The molecule has 1 amide bonds. The molecule has 4 rings (SSSR count). The highest BCUT2D eigenvalue weighted by Gasteiger charge is 2.47. The number of Topliss-reactive ketones (excluding diaryl/α,β-unsaturated/α-hetero) is 1. The van der Waals surface area contributed by atoms with E-state index in [9.17, 15) is 19.1 Å². The van der Waals surface area contributed by atoms with Crippen LogP contribution in [0.2, 0.25) is 0 Å². The molecule has 1 aliphatic heterocycles. The number of ether oxygens (including phenoxy) is 2. The second-order valence-corrected chi connectivity index (χ2v) is 7.15. The van der Waals surface area contributed by atoms with E-state index in [1.165, 1.54) is 43.4 Å². The number of ketones is 1. The minimum atomic E-state index is -0.933. The van der Waals surface area contributed by atoms with Crippen molar-refractivity contribution in [2.24, 2.45) is 0 Å². The van der Waals surface area contributed by atoms with Crippen LogP contribution in [0.4, 0.5) is 10.1 Å². The summed E-state index contributed by atoms with van der Waals surface area (Å²) in [4.78, 5) is 27.4. The summed E-state index contributed by atoms with van der Waals surface area (Å²) >= 11 is 0. The molecule has 6 nitrogen and oxygen atoms in total. The van der Waals surface area contributed by atoms with Crippen LogP contribution in [-0.2, 0) is 9.59 Å². The number of hydrogen-bond donors (Lipinski definition) is 1. The summed E-state index contributed by atoms with van der Waals surface area (Å²) in [7, 11) is 3.03. The minimum absolute atomic E-state index is 0.0715. The second kappa shape index (κ2) is 8.55. The zero-order valence-corrected chi connectivity index (χ0v) is 17.4. The predicted molar refractivity (Wildman–Crippen MR) is 117 cm³/mol. The number of benzene rings is 3. The topological polar surface area (TPSA) is 76.1 Å². The normalized spacial score (nSPS) is 17.5. The number of methoxy groups -OCH3 is 2. The molecular formula is C25H20FNO5. The highest BCUT2D eigenvalue weighted by atomic mass is 19.1. The standard InChI is InChI=1S/C25H20FNO5/c1-31-19-12-6-15(7-13-19)23(28)21-22(16-4-3-5-20(14-16)32-2)27(25(30)24(21)29)18-10-8-17(26)9-11-18/h3-14,22,28H,1-2H3/b23-21-. The first-order chi connectivity index (χ1) is 15.4. The summed E-state index contributed by atoms with van der Waals surface area (Å²) in [6, 6.07) is 17.7. The zero-order chi connectivity index (χ0) is 22.8. The lowest BCUT2D eigenvalue weighted by atomic mass is 9.95. The monoisotopic (exact) mass is 433 g/mol. The summed E-state index contributed by atoms with van der Waals surface area (Å²) in [6.07, 6.45) is 0. The Morgan fingerprint density at radius 2 is 1.56 bits per heavy atom. The molecule has 0 radical (unpaired) electrons. The molecular weight excluding hydrogens is 413 g/mol. The lowest BCUT2D eigenvalue weighted by molar-refractivity contribution is -0.132. The van der Waals surface area contributed by atoms with Gasteiger partial charge in [0.05, 0.1) is 25.8 Å². The third kappa shape index (κ3) is 3.69. The molecule has 1 N–H and O–H groups in total. The maximum absolute atomic E-state index is 13.5. The quantitative estimate of drug-likeness (QED) is 0.365. The van der Waals surface area contributed by atoms with Crippen LogP contribution >= 0.6 is 0 Å². The summed E-state index contributed by atoms with van der Waals surface area (Å²) in [5, 5.41) is 11.1. The molecule has 1 fully saturated rings. The molecule has 3 aromatic rings. The summed E-state index contributed by atoms with van der Waals surface area (Å²) in [5.74, 6) is -1.34. The van der Waals surface area contributed by atoms with E-state index in [1.807, 2.05) is 0 Å². The number of carbonyl (C=O) groups is 2. The molecule has 1 unspecified atom stereocenters. The fourth-order valence-corrected chi connectivity index (χ4v) is 3.73. The number of nitrogens with zero attached hydrogens (tertiary/aromatic N) is 1. The molecule has 0 bridgehead atoms. The second-order valence-electron chi connectivity index (χ2n) is 7.15. The van der Waals surface area contributed by atoms with Gasteiger partial charge >= 0.3 is 0 Å². The number of aliphatic hydroxyl groups excluding tert-OH is 1. The molecule has 1 aliphatic rings. The summed E-state index contributed by atoms with van der Waals surface area (Å²) < 4.78 is 23.9. The molecule has 7 heteroatoms. The van der Waals surface area contributed by atoms with E-state index in [1.54, 1.807) is 48.5 Å². The van der Waals surface area contributed by atoms with Crippen molar-refractivity contribution in [1.82, 2.24) is 0 Å². The summed E-state index contributed by atoms with van der Waals surface area (Å²) in [6.45, 7) is 0. The minimum Gasteiger partial charge on any atom is -0.507 e. The number of carbonyl (C=O) groups excluding carboxylic acids is 2. The van der Waals surface area contributed by atoms with Crippen molar-refractivity contribution >= 4 is 23.1 Å². The number of rotatable bonds is 5. The first-order valence-electron chi connectivity index (χ1n) is 9.79. The largest absolute Gasteiger partial charge is 0.507 e. The Balaban J connectivity index is 1.92. The average molecular weight is 433 g/mol. The SMILES string of the molecule is COc1ccc(/C(O)=C2/C(=O)C(=O)N(c3ccc(F)cc3)C2c2cccc(OC)c2)cc1. The van der Waals surface area contributed by atoms with Gasteiger partial charge in [-0.2, -0.15) is 0 Å². The van der Waals surface area contributed by atoms with E-state index in [0.717, 1.165) is 0 Å². The van der Waals surface area contributed by atoms with Crippen molar-refractivity contribution in [3.05, 3.63) is 95.3 Å². The summed E-state index contributed by atoms with van der Waals surface area (Å²) in [5.41, 5.74) is 1.17. The smallest absolute Gasteiger partial charge is 0.300 e. The van der Waals surface area contributed by atoms with Crippen LogP contribution in [0.3, 0.4) is 0 Å². The maximum atomic E-state index is 13.5. The predicted octanol–water partition coefficient (Wildman–Crippen LogP) is 4.47. The van der Waals surface area contributed by atoms with Crippen LogP contribution in [0.15, 0.2) is 78.4 Å². The molecule has 0 aliphatic carbocycles. The van der Waals surface area contributed by atoms with Gasteiger partial charge < -0.3 is 14.6 Å². The molecule has 0 saturated carbocycles. The van der Waals surface area contributed by atoms with Crippen LogP contribution in [0, 0.1) is 5.82 Å². The average Bonchev–Trinajstić information content (AvgIpc) is 3.09. The lowest BCUT2D eigenvalue weighted by Crippen LogP contribution is -2.29. The van der Waals surface area contributed by atoms with Crippen molar-refractivity contribution in [3.8, 4) is 11.5 Å². The Hall–Kier alpha value is -4.13. The van der Waals surface area contributed by atoms with E-state index in [2.05, 4.69) is 0 Å². The third-order valence-electron chi connectivity index (χ3n) is 5.32. The maximum Gasteiger partial charge on any atom is 0.300 e. The fourth-order valence-electron chi connectivity index (χ4n) is 3.73. The van der Waals surface area contributed by atoms with Gasteiger partial charge in [-0.05, 0) is 66.2 Å². The van der Waals surface area contributed by atoms with Gasteiger partial charge in [0, 0.05) is 11.3 Å². The van der Waals surface area contributed by atoms with E-state index in [-0.39, 0.29) is 11.3 Å². The van der Waals surface area contributed by atoms with Gasteiger partial charge in [-0.3, -0.25) is 14.5 Å². The van der Waals surface area contributed by atoms with Gasteiger partial charge in [0.1, 0.15) is 23.1 Å². The van der Waals surface area contributed by atoms with Crippen LogP contribution in [0.25, 0.3) is 5.76 Å². The Kier molecular flexibility index (Phi) is 5.64. The first-order valence-corrected chi connectivity index (χ1v) is 9.79. The Labute approximate surface area is 184 Å². The van der Waals surface area contributed by atoms with E-state index in [0.29, 0.717) is 28.3 Å². The first kappa shape index (κ1) is 21.1. The van der Waals surface area contributed by atoms with Crippen molar-refractivity contribution in [3.63, 3.8) is 0 Å². The molecule has 1 atom stereocenters. The number of amides is 1. The lowest BCUT2D eigenvalue weighted by Gasteiger charge is -2.25. The number of hydrogen-bond acceptors (Lipinski definition) is 5. The Bertz CT molecular complexity index is 1200. The van der Waals surface area contributed by atoms with Crippen molar-refractivity contribution in [1.29, 1.82) is 0 Å². The van der Waals surface area contributed by atoms with Gasteiger partial charge in [-0.1, -0.05) is 12.1 Å². The third-order valence-corrected chi connectivity index (χ3v) is 5.32. The van der Waals surface area contributed by atoms with Crippen LogP contribution in [0.5, 0.6) is 11.5 Å². The molecule has 162 valence electrons. The number of anilines is 1. The Morgan fingerprint density at radius 3 is 2.19 bits per heavy atom. The van der Waals surface area contributed by atoms with Gasteiger partial charge in [-0.25, -0.2) is 4.39 Å². The van der Waals surface area contributed by atoms with Crippen LogP contribution in [-0.4, -0.2) is 31.0 Å². The molecule has 32 heavy (non-hydrogen) atoms. The van der Waals surface area contributed by atoms with E-state index >= 15 is 0 Å². The van der Waals surface area contributed by atoms with Crippen molar-refractivity contribution in [2.45, 2.75) is 6.04 Å². The van der Waals surface area contributed by atoms with E-state index in [4.69, 9.17) is 9.47 Å². The van der Waals surface area contributed by atoms with Crippen LogP contribution in [0.1, 0.15) is 17.2 Å². The fraction of sp³-hybridized carbons (Fsp3) is 0.120. The van der Waals surface area contributed by atoms with Gasteiger partial charge in [0.2, 0.25) is 0 Å². The highest BCUT2D eigenvalue weighted by molar-refractivity contribution is 6.51. The molecule has 0 aromatic heterocycles. The van der Waals surface area contributed by atoms with E-state index < -0.39 is 23.5 Å². The molecule has 1 heterocycles. The van der Waals surface area contributed by atoms with Crippen molar-refractivity contribution < 1.29 is 28.6 Å². The van der Waals surface area contributed by atoms with Gasteiger partial charge in [0.25, 0.3) is 11.7 Å². The highest BCUT2D eigenvalue weighted by Crippen LogP contribution is 2.42. The molecule has 0 spiro atoms. The van der Waals surface area contributed by atoms with Crippen LogP contribution < -0.4 is 14.4 Å².